The van der Waals surface area contributed by atoms with Gasteiger partial charge in [-0.1, -0.05) is 42.5 Å². The summed E-state index contributed by atoms with van der Waals surface area (Å²) in [6.45, 7) is -0.444. The SMILES string of the molecule is OCC(O)C(O)C=Cc1ccccc1. The summed E-state index contributed by atoms with van der Waals surface area (Å²) in [4.78, 5) is 0. The molecule has 0 heterocycles. The minimum absolute atomic E-state index is 0.444. The average Bonchev–Trinajstić information content (AvgIpc) is 2.26. The highest BCUT2D eigenvalue weighted by Gasteiger charge is 2.10. The molecule has 1 rings (SSSR count). The average molecular weight is 194 g/mol. The lowest BCUT2D eigenvalue weighted by molar-refractivity contribution is 0.00983. The van der Waals surface area contributed by atoms with Gasteiger partial charge in [-0.15, -0.1) is 0 Å². The Balaban J connectivity index is 2.56. The zero-order chi connectivity index (χ0) is 10.4. The summed E-state index contributed by atoms with van der Waals surface area (Å²) in [6.07, 6.45) is 1.01. The summed E-state index contributed by atoms with van der Waals surface area (Å²) < 4.78 is 0. The second-order valence-corrected chi connectivity index (χ2v) is 3.01. The van der Waals surface area contributed by atoms with Crippen LogP contribution in [-0.4, -0.2) is 34.1 Å². The molecule has 14 heavy (non-hydrogen) atoms. The van der Waals surface area contributed by atoms with Crippen LogP contribution in [0.4, 0.5) is 0 Å². The first-order valence-corrected chi connectivity index (χ1v) is 4.44. The summed E-state index contributed by atoms with van der Waals surface area (Å²) in [6, 6.07) is 9.43. The molecule has 0 bridgehead atoms. The monoisotopic (exact) mass is 194 g/mol. The summed E-state index contributed by atoms with van der Waals surface area (Å²) in [5.41, 5.74) is 0.941. The number of rotatable bonds is 4. The highest BCUT2D eigenvalue weighted by Crippen LogP contribution is 2.03. The molecule has 0 aromatic heterocycles. The van der Waals surface area contributed by atoms with Crippen LogP contribution in [0.2, 0.25) is 0 Å². The summed E-state index contributed by atoms with van der Waals surface area (Å²) in [5.74, 6) is 0. The molecule has 3 nitrogen and oxygen atoms in total. The van der Waals surface area contributed by atoms with Crippen molar-refractivity contribution in [2.24, 2.45) is 0 Å². The molecule has 0 aliphatic heterocycles. The molecule has 0 aliphatic carbocycles. The Hall–Kier alpha value is -1.16. The van der Waals surface area contributed by atoms with E-state index in [0.29, 0.717) is 0 Å². The van der Waals surface area contributed by atoms with E-state index in [1.165, 1.54) is 6.08 Å². The predicted molar refractivity (Wildman–Crippen MR) is 54.6 cm³/mol. The minimum Gasteiger partial charge on any atom is -0.394 e. The zero-order valence-electron chi connectivity index (χ0n) is 7.74. The van der Waals surface area contributed by atoms with Crippen LogP contribution in [0.15, 0.2) is 36.4 Å². The summed E-state index contributed by atoms with van der Waals surface area (Å²) in [7, 11) is 0. The first-order chi connectivity index (χ1) is 6.74. The van der Waals surface area contributed by atoms with Crippen molar-refractivity contribution >= 4 is 6.08 Å². The van der Waals surface area contributed by atoms with Gasteiger partial charge in [0.15, 0.2) is 0 Å². The number of hydrogen-bond acceptors (Lipinski definition) is 3. The van der Waals surface area contributed by atoms with E-state index in [0.717, 1.165) is 5.56 Å². The Kier molecular flexibility index (Phi) is 4.32. The van der Waals surface area contributed by atoms with E-state index < -0.39 is 18.8 Å². The zero-order valence-corrected chi connectivity index (χ0v) is 7.74. The van der Waals surface area contributed by atoms with Gasteiger partial charge in [0.1, 0.15) is 12.2 Å². The predicted octanol–water partition coefficient (Wildman–Crippen LogP) is 0.414. The van der Waals surface area contributed by atoms with Crippen LogP contribution in [0.25, 0.3) is 6.08 Å². The highest BCUT2D eigenvalue weighted by atomic mass is 16.4. The summed E-state index contributed by atoms with van der Waals surface area (Å²) >= 11 is 0. The van der Waals surface area contributed by atoms with Crippen molar-refractivity contribution in [3.05, 3.63) is 42.0 Å². The minimum atomic E-state index is -1.12. The van der Waals surface area contributed by atoms with Gasteiger partial charge in [0, 0.05) is 0 Å². The fourth-order valence-corrected chi connectivity index (χ4v) is 1.01. The van der Waals surface area contributed by atoms with E-state index in [2.05, 4.69) is 0 Å². The van der Waals surface area contributed by atoms with E-state index >= 15 is 0 Å². The van der Waals surface area contributed by atoms with E-state index in [1.807, 2.05) is 30.3 Å². The molecule has 0 saturated heterocycles. The van der Waals surface area contributed by atoms with Crippen molar-refractivity contribution in [1.82, 2.24) is 0 Å². The molecular weight excluding hydrogens is 180 g/mol. The maximum absolute atomic E-state index is 9.28. The molecular formula is C11H14O3. The van der Waals surface area contributed by atoms with Crippen LogP contribution in [-0.2, 0) is 0 Å². The molecule has 0 amide bonds. The highest BCUT2D eigenvalue weighted by molar-refractivity contribution is 5.49. The van der Waals surface area contributed by atoms with Crippen LogP contribution >= 0.6 is 0 Å². The molecule has 0 spiro atoms. The van der Waals surface area contributed by atoms with Crippen LogP contribution in [0.3, 0.4) is 0 Å². The number of hydrogen-bond donors (Lipinski definition) is 3. The van der Waals surface area contributed by atoms with Gasteiger partial charge in [0.2, 0.25) is 0 Å². The fourth-order valence-electron chi connectivity index (χ4n) is 1.01. The third kappa shape index (κ3) is 3.30. The van der Waals surface area contributed by atoms with Gasteiger partial charge >= 0.3 is 0 Å². The molecule has 2 unspecified atom stereocenters. The Bertz CT molecular complexity index is 282. The molecule has 0 aliphatic rings. The van der Waals surface area contributed by atoms with Crippen molar-refractivity contribution in [1.29, 1.82) is 0 Å². The van der Waals surface area contributed by atoms with Gasteiger partial charge in [-0.3, -0.25) is 0 Å². The molecule has 0 radical (unpaired) electrons. The van der Waals surface area contributed by atoms with Crippen LogP contribution in [0.1, 0.15) is 5.56 Å². The Morgan fingerprint density at radius 3 is 2.36 bits per heavy atom. The van der Waals surface area contributed by atoms with Gasteiger partial charge in [0.05, 0.1) is 6.61 Å². The molecule has 2 atom stereocenters. The molecule has 3 heteroatoms. The van der Waals surface area contributed by atoms with Crippen molar-refractivity contribution in [2.45, 2.75) is 12.2 Å². The van der Waals surface area contributed by atoms with Gasteiger partial charge in [-0.05, 0) is 5.56 Å². The summed E-state index contributed by atoms with van der Waals surface area (Å²) in [5, 5.41) is 26.9. The van der Waals surface area contributed by atoms with Crippen molar-refractivity contribution < 1.29 is 15.3 Å². The number of benzene rings is 1. The van der Waals surface area contributed by atoms with Gasteiger partial charge in [-0.25, -0.2) is 0 Å². The van der Waals surface area contributed by atoms with Crippen molar-refractivity contribution in [3.8, 4) is 0 Å². The van der Waals surface area contributed by atoms with Crippen LogP contribution in [0, 0.1) is 0 Å². The molecule has 0 saturated carbocycles. The topological polar surface area (TPSA) is 60.7 Å². The van der Waals surface area contributed by atoms with E-state index in [4.69, 9.17) is 10.2 Å². The Morgan fingerprint density at radius 2 is 1.79 bits per heavy atom. The fraction of sp³-hybridized carbons (Fsp3) is 0.273. The number of aliphatic hydroxyl groups excluding tert-OH is 3. The molecule has 3 N–H and O–H groups in total. The second-order valence-electron chi connectivity index (χ2n) is 3.01. The van der Waals surface area contributed by atoms with Crippen LogP contribution in [0.5, 0.6) is 0 Å². The maximum atomic E-state index is 9.28. The van der Waals surface area contributed by atoms with Gasteiger partial charge in [-0.2, -0.15) is 0 Å². The molecule has 1 aromatic rings. The molecule has 1 aromatic carbocycles. The normalized spacial score (nSPS) is 15.6. The second kappa shape index (κ2) is 5.54. The molecule has 0 fully saturated rings. The smallest absolute Gasteiger partial charge is 0.106 e. The largest absolute Gasteiger partial charge is 0.394 e. The molecule has 76 valence electrons. The van der Waals surface area contributed by atoms with E-state index in [-0.39, 0.29) is 0 Å². The van der Waals surface area contributed by atoms with Gasteiger partial charge < -0.3 is 15.3 Å². The lowest BCUT2D eigenvalue weighted by Gasteiger charge is -2.10. The van der Waals surface area contributed by atoms with Gasteiger partial charge in [0.25, 0.3) is 0 Å². The first kappa shape index (κ1) is 10.9. The van der Waals surface area contributed by atoms with Crippen LogP contribution < -0.4 is 0 Å². The lowest BCUT2D eigenvalue weighted by Crippen LogP contribution is -2.27. The maximum Gasteiger partial charge on any atom is 0.106 e. The van der Waals surface area contributed by atoms with E-state index in [9.17, 15) is 5.11 Å². The van der Waals surface area contributed by atoms with Crippen molar-refractivity contribution in [2.75, 3.05) is 6.61 Å². The van der Waals surface area contributed by atoms with E-state index in [1.54, 1.807) is 6.08 Å². The Labute approximate surface area is 82.9 Å². The number of aliphatic hydroxyl groups is 3. The quantitative estimate of drug-likeness (QED) is 0.650. The Morgan fingerprint density at radius 1 is 1.14 bits per heavy atom. The standard InChI is InChI=1S/C11H14O3/c12-8-11(14)10(13)7-6-9-4-2-1-3-5-9/h1-7,10-14H,8H2. The third-order valence-electron chi connectivity index (χ3n) is 1.87. The third-order valence-corrected chi connectivity index (χ3v) is 1.87. The lowest BCUT2D eigenvalue weighted by atomic mass is 10.1. The van der Waals surface area contributed by atoms with Crippen molar-refractivity contribution in [3.63, 3.8) is 0 Å². The first-order valence-electron chi connectivity index (χ1n) is 4.44.